The van der Waals surface area contributed by atoms with Crippen LogP contribution in [0.1, 0.15) is 16.8 Å². The predicted molar refractivity (Wildman–Crippen MR) is 99.2 cm³/mol. The Kier molecular flexibility index (Phi) is 6.99. The van der Waals surface area contributed by atoms with Crippen molar-refractivity contribution < 1.29 is 22.9 Å². The van der Waals surface area contributed by atoms with Crippen molar-refractivity contribution in [3.8, 4) is 0 Å². The molecule has 0 saturated heterocycles. The molecule has 2 aromatic carbocycles. The summed E-state index contributed by atoms with van der Waals surface area (Å²) in [5.74, 6) is -0.657. The number of anilines is 1. The zero-order valence-corrected chi connectivity index (χ0v) is 15.4. The highest BCUT2D eigenvalue weighted by atomic mass is 32.2. The van der Waals surface area contributed by atoms with Crippen molar-refractivity contribution >= 4 is 27.3 Å². The van der Waals surface area contributed by atoms with E-state index >= 15 is 0 Å². The van der Waals surface area contributed by atoms with Gasteiger partial charge in [-0.3, -0.25) is 14.9 Å². The number of benzene rings is 2. The van der Waals surface area contributed by atoms with Gasteiger partial charge in [-0.25, -0.2) is 13.1 Å². The first-order chi connectivity index (χ1) is 12.8. The third-order valence-corrected chi connectivity index (χ3v) is 5.06. The summed E-state index contributed by atoms with van der Waals surface area (Å²) >= 11 is 0. The average molecular weight is 393 g/mol. The number of ether oxygens (including phenoxy) is 1. The number of hydrogen-bond acceptors (Lipinski definition) is 6. The van der Waals surface area contributed by atoms with Gasteiger partial charge in [0.1, 0.15) is 5.56 Å². The van der Waals surface area contributed by atoms with Gasteiger partial charge in [0, 0.05) is 32.0 Å². The van der Waals surface area contributed by atoms with Crippen molar-refractivity contribution in [2.24, 2.45) is 0 Å². The highest BCUT2D eigenvalue weighted by molar-refractivity contribution is 7.89. The number of hydrogen-bond donors (Lipinski definition) is 2. The molecule has 0 aliphatic rings. The third-order valence-electron chi connectivity index (χ3n) is 3.59. The summed E-state index contributed by atoms with van der Waals surface area (Å²) in [5, 5.41) is 13.5. The van der Waals surface area contributed by atoms with Crippen LogP contribution in [0, 0.1) is 10.1 Å². The van der Waals surface area contributed by atoms with Gasteiger partial charge >= 0.3 is 0 Å². The van der Waals surface area contributed by atoms with Crippen LogP contribution < -0.4 is 10.0 Å². The molecule has 0 aromatic heterocycles. The summed E-state index contributed by atoms with van der Waals surface area (Å²) in [4.78, 5) is 22.7. The van der Waals surface area contributed by atoms with E-state index in [2.05, 4.69) is 10.0 Å². The van der Waals surface area contributed by atoms with Crippen molar-refractivity contribution in [3.05, 3.63) is 64.2 Å². The fourth-order valence-electron chi connectivity index (χ4n) is 2.25. The van der Waals surface area contributed by atoms with Gasteiger partial charge in [-0.05, 0) is 36.8 Å². The minimum atomic E-state index is -3.66. The average Bonchev–Trinajstić information content (AvgIpc) is 2.65. The Morgan fingerprint density at radius 1 is 1.15 bits per heavy atom. The summed E-state index contributed by atoms with van der Waals surface area (Å²) in [6.45, 7) is 0.686. The van der Waals surface area contributed by atoms with Crippen LogP contribution in [0.2, 0.25) is 0 Å². The molecule has 0 aliphatic heterocycles. The van der Waals surface area contributed by atoms with E-state index in [1.165, 1.54) is 55.6 Å². The lowest BCUT2D eigenvalue weighted by Crippen LogP contribution is -2.25. The van der Waals surface area contributed by atoms with Gasteiger partial charge in [0.15, 0.2) is 0 Å². The van der Waals surface area contributed by atoms with Crippen molar-refractivity contribution in [1.82, 2.24) is 4.72 Å². The fraction of sp³-hybridized carbons (Fsp3) is 0.235. The standard InChI is InChI=1S/C17H19N3O6S/c1-26-12-4-11-18-27(24,25)14-9-7-13(8-10-14)19-17(21)15-5-2-3-6-16(15)20(22)23/h2-3,5-10,18H,4,11-12H2,1H3,(H,19,21). The van der Waals surface area contributed by atoms with Crippen molar-refractivity contribution in [2.75, 3.05) is 25.6 Å². The van der Waals surface area contributed by atoms with Crippen LogP contribution in [-0.4, -0.2) is 39.5 Å². The highest BCUT2D eigenvalue weighted by Crippen LogP contribution is 2.20. The molecule has 27 heavy (non-hydrogen) atoms. The van der Waals surface area contributed by atoms with E-state index in [1.54, 1.807) is 0 Å². The largest absolute Gasteiger partial charge is 0.385 e. The van der Waals surface area contributed by atoms with Gasteiger partial charge in [-0.2, -0.15) is 0 Å². The van der Waals surface area contributed by atoms with Gasteiger partial charge in [0.2, 0.25) is 10.0 Å². The van der Waals surface area contributed by atoms with Crippen LogP contribution >= 0.6 is 0 Å². The predicted octanol–water partition coefficient (Wildman–Crippen LogP) is 2.16. The summed E-state index contributed by atoms with van der Waals surface area (Å²) in [6.07, 6.45) is 0.541. The molecule has 1 amide bonds. The molecule has 9 nitrogen and oxygen atoms in total. The molecule has 0 aliphatic carbocycles. The van der Waals surface area contributed by atoms with Crippen LogP contribution in [0.5, 0.6) is 0 Å². The molecule has 0 saturated carbocycles. The van der Waals surface area contributed by atoms with E-state index in [4.69, 9.17) is 4.74 Å². The van der Waals surface area contributed by atoms with E-state index in [1.807, 2.05) is 0 Å². The molecule has 0 fully saturated rings. The Labute approximate surface area is 156 Å². The second-order valence-corrected chi connectivity index (χ2v) is 7.26. The van der Waals surface area contributed by atoms with Gasteiger partial charge in [0.25, 0.3) is 11.6 Å². The first kappa shape index (κ1) is 20.5. The summed E-state index contributed by atoms with van der Waals surface area (Å²) < 4.78 is 31.6. The number of nitro benzene ring substituents is 1. The Balaban J connectivity index is 2.08. The number of para-hydroxylation sites is 1. The second-order valence-electron chi connectivity index (χ2n) is 5.50. The minimum absolute atomic E-state index is 0.0450. The number of methoxy groups -OCH3 is 1. The van der Waals surface area contributed by atoms with Crippen molar-refractivity contribution in [3.63, 3.8) is 0 Å². The molecule has 2 aromatic rings. The lowest BCUT2D eigenvalue weighted by Gasteiger charge is -2.09. The molecular weight excluding hydrogens is 374 g/mol. The quantitative estimate of drug-likeness (QED) is 0.382. The third kappa shape index (κ3) is 5.58. The SMILES string of the molecule is COCCCNS(=O)(=O)c1ccc(NC(=O)c2ccccc2[N+](=O)[O-])cc1. The monoisotopic (exact) mass is 393 g/mol. The number of carbonyl (C=O) groups excluding carboxylic acids is 1. The lowest BCUT2D eigenvalue weighted by molar-refractivity contribution is -0.385. The highest BCUT2D eigenvalue weighted by Gasteiger charge is 2.19. The van der Waals surface area contributed by atoms with Crippen LogP contribution in [0.15, 0.2) is 53.4 Å². The number of nitrogens with zero attached hydrogens (tertiary/aromatic N) is 1. The van der Waals surface area contributed by atoms with Gasteiger partial charge < -0.3 is 10.1 Å². The molecule has 0 atom stereocenters. The van der Waals surface area contributed by atoms with Gasteiger partial charge in [-0.1, -0.05) is 12.1 Å². The Hall–Kier alpha value is -2.82. The molecule has 144 valence electrons. The lowest BCUT2D eigenvalue weighted by atomic mass is 10.1. The Morgan fingerprint density at radius 3 is 2.44 bits per heavy atom. The molecule has 0 heterocycles. The molecular formula is C17H19N3O6S. The molecule has 2 N–H and O–H groups in total. The molecule has 2 rings (SSSR count). The molecule has 0 spiro atoms. The van der Waals surface area contributed by atoms with Crippen LogP contribution in [0.3, 0.4) is 0 Å². The second kappa shape index (κ2) is 9.21. The zero-order chi connectivity index (χ0) is 19.9. The molecule has 0 unspecified atom stereocenters. The first-order valence-electron chi connectivity index (χ1n) is 7.98. The van der Waals surface area contributed by atoms with Crippen molar-refractivity contribution in [1.29, 1.82) is 0 Å². The van der Waals surface area contributed by atoms with Crippen molar-refractivity contribution in [2.45, 2.75) is 11.3 Å². The maximum atomic E-state index is 12.3. The minimum Gasteiger partial charge on any atom is -0.385 e. The van der Waals surface area contributed by atoms with Crippen LogP contribution in [0.25, 0.3) is 0 Å². The number of nitrogens with one attached hydrogen (secondary N) is 2. The molecule has 10 heteroatoms. The summed E-state index contributed by atoms with van der Waals surface area (Å²) in [7, 11) is -2.13. The first-order valence-corrected chi connectivity index (χ1v) is 9.47. The van der Waals surface area contributed by atoms with E-state index < -0.39 is 20.9 Å². The number of amides is 1. The fourth-order valence-corrected chi connectivity index (χ4v) is 3.32. The topological polar surface area (TPSA) is 128 Å². The van der Waals surface area contributed by atoms with Crippen LogP contribution in [0.4, 0.5) is 11.4 Å². The smallest absolute Gasteiger partial charge is 0.282 e. The zero-order valence-electron chi connectivity index (χ0n) is 14.5. The Morgan fingerprint density at radius 2 is 1.81 bits per heavy atom. The van der Waals surface area contributed by atoms with E-state index in [0.29, 0.717) is 18.7 Å². The van der Waals surface area contributed by atoms with E-state index in [9.17, 15) is 23.3 Å². The summed E-state index contributed by atoms with van der Waals surface area (Å²) in [6, 6.07) is 11.1. The maximum absolute atomic E-state index is 12.3. The summed E-state index contributed by atoms with van der Waals surface area (Å²) in [5.41, 5.74) is -0.0788. The normalized spacial score (nSPS) is 11.1. The number of rotatable bonds is 9. The van der Waals surface area contributed by atoms with Gasteiger partial charge in [0.05, 0.1) is 9.82 Å². The number of sulfonamides is 1. The number of carbonyl (C=O) groups is 1. The Bertz CT molecular complexity index is 913. The number of nitro groups is 1. The van der Waals surface area contributed by atoms with E-state index in [0.717, 1.165) is 0 Å². The van der Waals surface area contributed by atoms with Gasteiger partial charge in [-0.15, -0.1) is 0 Å². The maximum Gasteiger partial charge on any atom is 0.282 e. The molecule has 0 radical (unpaired) electrons. The van der Waals surface area contributed by atoms with E-state index in [-0.39, 0.29) is 22.7 Å². The van der Waals surface area contributed by atoms with Crippen LogP contribution in [-0.2, 0) is 14.8 Å². The molecule has 0 bridgehead atoms.